The average Bonchev–Trinajstić information content (AvgIpc) is 1.98. The Morgan fingerprint density at radius 3 is 2.00 bits per heavy atom. The van der Waals surface area contributed by atoms with E-state index >= 15 is 0 Å². The van der Waals surface area contributed by atoms with Crippen LogP contribution in [0.4, 0.5) is 0 Å². The number of benzene rings is 1. The van der Waals surface area contributed by atoms with Crippen molar-refractivity contribution < 1.29 is 5.11 Å². The zero-order valence-electron chi connectivity index (χ0n) is 8.30. The molecule has 0 spiro atoms. The third kappa shape index (κ3) is 1.49. The van der Waals surface area contributed by atoms with Gasteiger partial charge in [-0.05, 0) is 38.7 Å². The summed E-state index contributed by atoms with van der Waals surface area (Å²) >= 11 is 0. The minimum Gasteiger partial charge on any atom is -0.385 e. The van der Waals surface area contributed by atoms with E-state index in [-0.39, 0.29) is 0 Å². The molecular weight excluding hydrogens is 160 g/mol. The summed E-state index contributed by atoms with van der Waals surface area (Å²) in [7, 11) is 0. The fourth-order valence-corrected chi connectivity index (χ4v) is 2.04. The highest BCUT2D eigenvalue weighted by Crippen LogP contribution is 2.41. The molecule has 0 amide bonds. The first kappa shape index (κ1) is 8.76. The lowest BCUT2D eigenvalue weighted by Gasteiger charge is -2.37. The molecule has 2 rings (SSSR count). The van der Waals surface area contributed by atoms with Crippen LogP contribution in [0.5, 0.6) is 0 Å². The van der Waals surface area contributed by atoms with Gasteiger partial charge in [0.1, 0.15) is 0 Å². The molecule has 0 atom stereocenters. The summed E-state index contributed by atoms with van der Waals surface area (Å²) < 4.78 is 0. The Kier molecular flexibility index (Phi) is 1.92. The molecule has 1 N–H and O–H groups in total. The highest BCUT2D eigenvalue weighted by molar-refractivity contribution is 5.33. The molecule has 0 saturated heterocycles. The molecule has 1 heteroatoms. The van der Waals surface area contributed by atoms with Crippen molar-refractivity contribution in [3.05, 3.63) is 34.9 Å². The SMILES string of the molecule is Cc1cc(C)cc(C2(O)CCC2)c1. The van der Waals surface area contributed by atoms with Crippen LogP contribution >= 0.6 is 0 Å². The van der Waals surface area contributed by atoms with Crippen molar-refractivity contribution in [2.45, 2.75) is 38.7 Å². The van der Waals surface area contributed by atoms with Gasteiger partial charge in [-0.3, -0.25) is 0 Å². The van der Waals surface area contributed by atoms with Crippen molar-refractivity contribution in [3.63, 3.8) is 0 Å². The van der Waals surface area contributed by atoms with Crippen LogP contribution in [0.2, 0.25) is 0 Å². The van der Waals surface area contributed by atoms with E-state index in [2.05, 4.69) is 32.0 Å². The number of aliphatic hydroxyl groups is 1. The van der Waals surface area contributed by atoms with Gasteiger partial charge >= 0.3 is 0 Å². The Hall–Kier alpha value is -0.820. The summed E-state index contributed by atoms with van der Waals surface area (Å²) in [6.45, 7) is 4.16. The molecular formula is C12H16O. The van der Waals surface area contributed by atoms with E-state index < -0.39 is 5.60 Å². The summed E-state index contributed by atoms with van der Waals surface area (Å²) in [6.07, 6.45) is 3.01. The summed E-state index contributed by atoms with van der Waals surface area (Å²) in [5.74, 6) is 0. The normalized spacial score (nSPS) is 19.6. The van der Waals surface area contributed by atoms with Gasteiger partial charge in [0.05, 0.1) is 5.60 Å². The van der Waals surface area contributed by atoms with E-state index in [1.165, 1.54) is 11.1 Å². The van der Waals surface area contributed by atoms with Crippen LogP contribution < -0.4 is 0 Å². The maximum atomic E-state index is 10.1. The maximum Gasteiger partial charge on any atom is 0.0896 e. The van der Waals surface area contributed by atoms with Crippen molar-refractivity contribution in [2.75, 3.05) is 0 Å². The third-order valence-corrected chi connectivity index (χ3v) is 2.94. The topological polar surface area (TPSA) is 20.2 Å². The number of hydrogen-bond acceptors (Lipinski definition) is 1. The number of aryl methyl sites for hydroxylation is 2. The fourth-order valence-electron chi connectivity index (χ4n) is 2.04. The van der Waals surface area contributed by atoms with Gasteiger partial charge in [-0.1, -0.05) is 29.3 Å². The molecule has 1 aliphatic carbocycles. The van der Waals surface area contributed by atoms with Gasteiger partial charge in [0.25, 0.3) is 0 Å². The standard InChI is InChI=1S/C12H16O/c1-9-6-10(2)8-11(7-9)12(13)4-3-5-12/h6-8,13H,3-5H2,1-2H3. The Morgan fingerprint density at radius 1 is 1.08 bits per heavy atom. The first-order valence-corrected chi connectivity index (χ1v) is 4.91. The van der Waals surface area contributed by atoms with Gasteiger partial charge in [0, 0.05) is 0 Å². The monoisotopic (exact) mass is 176 g/mol. The van der Waals surface area contributed by atoms with Crippen LogP contribution in [-0.4, -0.2) is 5.11 Å². The van der Waals surface area contributed by atoms with Gasteiger partial charge in [-0.2, -0.15) is 0 Å². The second-order valence-corrected chi connectivity index (χ2v) is 4.26. The third-order valence-electron chi connectivity index (χ3n) is 2.94. The Balaban J connectivity index is 2.39. The van der Waals surface area contributed by atoms with Gasteiger partial charge in [0.2, 0.25) is 0 Å². The number of rotatable bonds is 1. The van der Waals surface area contributed by atoms with E-state index in [0.29, 0.717) is 0 Å². The molecule has 13 heavy (non-hydrogen) atoms. The molecule has 1 aliphatic rings. The zero-order valence-corrected chi connectivity index (χ0v) is 8.30. The van der Waals surface area contributed by atoms with Crippen molar-refractivity contribution in [2.24, 2.45) is 0 Å². The van der Waals surface area contributed by atoms with Crippen LogP contribution in [0.25, 0.3) is 0 Å². The Labute approximate surface area is 79.4 Å². The zero-order chi connectivity index (χ0) is 9.47. The molecule has 1 fully saturated rings. The molecule has 70 valence electrons. The van der Waals surface area contributed by atoms with Crippen LogP contribution in [0.3, 0.4) is 0 Å². The van der Waals surface area contributed by atoms with Crippen molar-refractivity contribution in [1.29, 1.82) is 0 Å². The maximum absolute atomic E-state index is 10.1. The smallest absolute Gasteiger partial charge is 0.0896 e. The first-order chi connectivity index (χ1) is 6.10. The highest BCUT2D eigenvalue weighted by atomic mass is 16.3. The lowest BCUT2D eigenvalue weighted by molar-refractivity contribution is -0.0388. The molecule has 1 aromatic carbocycles. The summed E-state index contributed by atoms with van der Waals surface area (Å²) in [6, 6.07) is 6.35. The van der Waals surface area contributed by atoms with Crippen molar-refractivity contribution >= 4 is 0 Å². The largest absolute Gasteiger partial charge is 0.385 e. The van der Waals surface area contributed by atoms with Crippen molar-refractivity contribution in [3.8, 4) is 0 Å². The Morgan fingerprint density at radius 2 is 1.62 bits per heavy atom. The first-order valence-electron chi connectivity index (χ1n) is 4.91. The molecule has 0 aromatic heterocycles. The van der Waals surface area contributed by atoms with E-state index in [1.807, 2.05) is 0 Å². The fraction of sp³-hybridized carbons (Fsp3) is 0.500. The predicted octanol–water partition coefficient (Wildman–Crippen LogP) is 2.67. The molecule has 0 unspecified atom stereocenters. The molecule has 1 saturated carbocycles. The average molecular weight is 176 g/mol. The highest BCUT2D eigenvalue weighted by Gasteiger charge is 2.36. The van der Waals surface area contributed by atoms with E-state index in [4.69, 9.17) is 0 Å². The quantitative estimate of drug-likeness (QED) is 0.697. The lowest BCUT2D eigenvalue weighted by atomic mass is 9.74. The van der Waals surface area contributed by atoms with Crippen LogP contribution in [0.15, 0.2) is 18.2 Å². The van der Waals surface area contributed by atoms with E-state index in [0.717, 1.165) is 24.8 Å². The molecule has 0 bridgehead atoms. The lowest BCUT2D eigenvalue weighted by Crippen LogP contribution is -2.33. The second kappa shape index (κ2) is 2.85. The molecule has 0 radical (unpaired) electrons. The van der Waals surface area contributed by atoms with Crippen LogP contribution in [0.1, 0.15) is 36.0 Å². The van der Waals surface area contributed by atoms with Gasteiger partial charge in [-0.15, -0.1) is 0 Å². The summed E-state index contributed by atoms with van der Waals surface area (Å²) in [4.78, 5) is 0. The van der Waals surface area contributed by atoms with Gasteiger partial charge in [0.15, 0.2) is 0 Å². The Bertz CT molecular complexity index is 304. The summed E-state index contributed by atoms with van der Waals surface area (Å²) in [5, 5.41) is 10.1. The van der Waals surface area contributed by atoms with Crippen LogP contribution in [-0.2, 0) is 5.60 Å². The minimum absolute atomic E-state index is 0.503. The second-order valence-electron chi connectivity index (χ2n) is 4.26. The summed E-state index contributed by atoms with van der Waals surface area (Å²) in [5.41, 5.74) is 3.10. The van der Waals surface area contributed by atoms with E-state index in [1.54, 1.807) is 0 Å². The minimum atomic E-state index is -0.503. The predicted molar refractivity (Wildman–Crippen MR) is 53.7 cm³/mol. The van der Waals surface area contributed by atoms with Gasteiger partial charge in [-0.25, -0.2) is 0 Å². The molecule has 1 aromatic rings. The molecule has 0 aliphatic heterocycles. The molecule has 1 nitrogen and oxygen atoms in total. The van der Waals surface area contributed by atoms with E-state index in [9.17, 15) is 5.11 Å². The number of hydrogen-bond donors (Lipinski definition) is 1. The molecule has 0 heterocycles. The van der Waals surface area contributed by atoms with Crippen molar-refractivity contribution in [1.82, 2.24) is 0 Å². The van der Waals surface area contributed by atoms with Gasteiger partial charge < -0.3 is 5.11 Å². The van der Waals surface area contributed by atoms with Crippen LogP contribution in [0, 0.1) is 13.8 Å².